The molecule has 0 aromatic heterocycles. The number of sulfonamides is 1. The van der Waals surface area contributed by atoms with E-state index in [1.807, 2.05) is 20.8 Å². The lowest BCUT2D eigenvalue weighted by atomic mass is 9.94. The zero-order valence-corrected chi connectivity index (χ0v) is 14.0. The van der Waals surface area contributed by atoms with Crippen molar-refractivity contribution in [1.82, 2.24) is 0 Å². The number of nitrogens with one attached hydrogen (secondary N) is 1. The summed E-state index contributed by atoms with van der Waals surface area (Å²) in [6.45, 7) is 9.38. The van der Waals surface area contributed by atoms with Crippen molar-refractivity contribution in [3.05, 3.63) is 28.8 Å². The molecule has 0 aliphatic heterocycles. The molecule has 0 bridgehead atoms. The average molecular weight is 313 g/mol. The zero-order valence-electron chi connectivity index (χ0n) is 13.1. The summed E-state index contributed by atoms with van der Waals surface area (Å²) in [6.07, 6.45) is 0.527. The van der Waals surface area contributed by atoms with Gasteiger partial charge in [0.1, 0.15) is 0 Å². The van der Waals surface area contributed by atoms with E-state index in [4.69, 9.17) is 5.11 Å². The molecular formula is C15H23NO4S. The van der Waals surface area contributed by atoms with Crippen molar-refractivity contribution in [3.8, 4) is 0 Å². The number of carboxylic acids is 1. The molecule has 0 atom stereocenters. The summed E-state index contributed by atoms with van der Waals surface area (Å²) in [4.78, 5) is 11.2. The highest BCUT2D eigenvalue weighted by molar-refractivity contribution is 7.92. The van der Waals surface area contributed by atoms with E-state index < -0.39 is 16.0 Å². The molecule has 1 aromatic rings. The van der Waals surface area contributed by atoms with Crippen LogP contribution < -0.4 is 4.72 Å². The van der Waals surface area contributed by atoms with Crippen LogP contribution in [0.3, 0.4) is 0 Å². The standard InChI is InChI=1S/C15H23NO4S/c1-10-8-12(9-13(11(10)2)14(17)18)16-21(19,20)7-6-15(3,4)5/h8-9,16H,6-7H2,1-5H3,(H,17,18). The second-order valence-electron chi connectivity index (χ2n) is 6.50. The van der Waals surface area contributed by atoms with Gasteiger partial charge in [0, 0.05) is 5.69 Å². The molecular weight excluding hydrogens is 290 g/mol. The Bertz CT molecular complexity index is 642. The third kappa shape index (κ3) is 5.38. The Labute approximate surface area is 126 Å². The molecule has 0 fully saturated rings. The van der Waals surface area contributed by atoms with Crippen molar-refractivity contribution in [2.45, 2.75) is 41.0 Å². The van der Waals surface area contributed by atoms with Crippen molar-refractivity contribution in [1.29, 1.82) is 0 Å². The molecule has 21 heavy (non-hydrogen) atoms. The van der Waals surface area contributed by atoms with Crippen molar-refractivity contribution in [2.75, 3.05) is 10.5 Å². The van der Waals surface area contributed by atoms with Gasteiger partial charge in [0.2, 0.25) is 10.0 Å². The third-order valence-electron chi connectivity index (χ3n) is 3.29. The lowest BCUT2D eigenvalue weighted by molar-refractivity contribution is 0.0696. The molecule has 0 saturated heterocycles. The van der Waals surface area contributed by atoms with Crippen molar-refractivity contribution < 1.29 is 18.3 Å². The molecule has 5 nitrogen and oxygen atoms in total. The van der Waals surface area contributed by atoms with Crippen LogP contribution in [0.4, 0.5) is 5.69 Å². The van der Waals surface area contributed by atoms with E-state index in [1.165, 1.54) is 6.07 Å². The molecule has 2 N–H and O–H groups in total. The van der Waals surface area contributed by atoms with Crippen LogP contribution in [0.25, 0.3) is 0 Å². The van der Waals surface area contributed by atoms with E-state index in [1.54, 1.807) is 19.9 Å². The van der Waals surface area contributed by atoms with Crippen LogP contribution in [0, 0.1) is 19.3 Å². The number of aromatic carboxylic acids is 1. The van der Waals surface area contributed by atoms with Gasteiger partial charge in [0.05, 0.1) is 11.3 Å². The van der Waals surface area contributed by atoms with Gasteiger partial charge >= 0.3 is 5.97 Å². The van der Waals surface area contributed by atoms with Crippen LogP contribution in [-0.4, -0.2) is 25.2 Å². The summed E-state index contributed by atoms with van der Waals surface area (Å²) in [5, 5.41) is 9.15. The fourth-order valence-electron chi connectivity index (χ4n) is 1.81. The lowest BCUT2D eigenvalue weighted by Crippen LogP contribution is -2.21. The number of carboxylic acid groups (broad SMARTS) is 1. The number of benzene rings is 1. The second kappa shape index (κ2) is 6.05. The van der Waals surface area contributed by atoms with Crippen LogP contribution in [-0.2, 0) is 10.0 Å². The summed E-state index contributed by atoms with van der Waals surface area (Å²) >= 11 is 0. The monoisotopic (exact) mass is 313 g/mol. The normalized spacial score (nSPS) is 12.2. The third-order valence-corrected chi connectivity index (χ3v) is 4.58. The number of hydrogen-bond acceptors (Lipinski definition) is 3. The smallest absolute Gasteiger partial charge is 0.336 e. The van der Waals surface area contributed by atoms with Crippen LogP contribution in [0.5, 0.6) is 0 Å². The van der Waals surface area contributed by atoms with Crippen molar-refractivity contribution in [3.63, 3.8) is 0 Å². The second-order valence-corrected chi connectivity index (χ2v) is 8.34. The highest BCUT2D eigenvalue weighted by atomic mass is 32.2. The van der Waals surface area contributed by atoms with E-state index >= 15 is 0 Å². The molecule has 0 heterocycles. The first-order valence-electron chi connectivity index (χ1n) is 6.76. The van der Waals surface area contributed by atoms with Crippen LogP contribution in [0.15, 0.2) is 12.1 Å². The number of aryl methyl sites for hydroxylation is 1. The maximum Gasteiger partial charge on any atom is 0.336 e. The first kappa shape index (κ1) is 17.5. The van der Waals surface area contributed by atoms with E-state index in [9.17, 15) is 13.2 Å². The SMILES string of the molecule is Cc1cc(NS(=O)(=O)CCC(C)(C)C)cc(C(=O)O)c1C. The van der Waals surface area contributed by atoms with Crippen LogP contribution in [0.2, 0.25) is 0 Å². The van der Waals surface area contributed by atoms with Gasteiger partial charge in [-0.3, -0.25) is 4.72 Å². The molecule has 0 unspecified atom stereocenters. The highest BCUT2D eigenvalue weighted by Crippen LogP contribution is 2.23. The van der Waals surface area contributed by atoms with Crippen molar-refractivity contribution >= 4 is 21.7 Å². The first-order valence-corrected chi connectivity index (χ1v) is 8.41. The quantitative estimate of drug-likeness (QED) is 0.874. The fraction of sp³-hybridized carbons (Fsp3) is 0.533. The predicted molar refractivity (Wildman–Crippen MR) is 84.4 cm³/mol. The summed E-state index contributed by atoms with van der Waals surface area (Å²) in [5.74, 6) is -1.06. The molecule has 0 saturated carbocycles. The molecule has 0 radical (unpaired) electrons. The summed E-state index contributed by atoms with van der Waals surface area (Å²) in [5.41, 5.74) is 1.71. The Morgan fingerprint density at radius 3 is 2.29 bits per heavy atom. The van der Waals surface area contributed by atoms with Gasteiger partial charge in [0.15, 0.2) is 0 Å². The number of carbonyl (C=O) groups is 1. The molecule has 0 amide bonds. The minimum Gasteiger partial charge on any atom is -0.478 e. The molecule has 1 rings (SSSR count). The van der Waals surface area contributed by atoms with Crippen LogP contribution in [0.1, 0.15) is 48.7 Å². The Kier molecular flexibility index (Phi) is 5.04. The van der Waals surface area contributed by atoms with Crippen molar-refractivity contribution in [2.24, 2.45) is 5.41 Å². The summed E-state index contributed by atoms with van der Waals surface area (Å²) in [7, 11) is -3.48. The number of rotatable bonds is 5. The molecule has 0 aliphatic carbocycles. The average Bonchev–Trinajstić information content (AvgIpc) is 2.29. The van der Waals surface area contributed by atoms with Gasteiger partial charge < -0.3 is 5.11 Å². The van der Waals surface area contributed by atoms with Gasteiger partial charge in [-0.25, -0.2) is 13.2 Å². The van der Waals surface area contributed by atoms with Gasteiger partial charge in [-0.15, -0.1) is 0 Å². The molecule has 0 aliphatic rings. The van der Waals surface area contributed by atoms with Gasteiger partial charge in [0.25, 0.3) is 0 Å². The van der Waals surface area contributed by atoms with Gasteiger partial charge in [-0.1, -0.05) is 20.8 Å². The molecule has 1 aromatic carbocycles. The van der Waals surface area contributed by atoms with Crippen LogP contribution >= 0.6 is 0 Å². The van der Waals surface area contributed by atoms with Gasteiger partial charge in [-0.05, 0) is 48.9 Å². The van der Waals surface area contributed by atoms with E-state index in [0.29, 0.717) is 17.7 Å². The summed E-state index contributed by atoms with van der Waals surface area (Å²) in [6, 6.07) is 3.01. The number of anilines is 1. The zero-order chi connectivity index (χ0) is 16.4. The lowest BCUT2D eigenvalue weighted by Gasteiger charge is -2.18. The molecule has 0 spiro atoms. The van der Waals surface area contributed by atoms with E-state index in [-0.39, 0.29) is 16.7 Å². The Morgan fingerprint density at radius 2 is 1.81 bits per heavy atom. The largest absolute Gasteiger partial charge is 0.478 e. The molecule has 118 valence electrons. The van der Waals surface area contributed by atoms with E-state index in [2.05, 4.69) is 4.72 Å². The minimum absolute atomic E-state index is 0.00578. The van der Waals surface area contributed by atoms with Gasteiger partial charge in [-0.2, -0.15) is 0 Å². The summed E-state index contributed by atoms with van der Waals surface area (Å²) < 4.78 is 26.6. The maximum absolute atomic E-state index is 12.1. The Balaban J connectivity index is 3.00. The molecule has 6 heteroatoms. The Morgan fingerprint density at radius 1 is 1.24 bits per heavy atom. The first-order chi connectivity index (χ1) is 9.41. The minimum atomic E-state index is -3.48. The predicted octanol–water partition coefficient (Wildman–Crippen LogP) is 3.18. The van der Waals surface area contributed by atoms with E-state index in [0.717, 1.165) is 5.56 Å². The topological polar surface area (TPSA) is 83.5 Å². The highest BCUT2D eigenvalue weighted by Gasteiger charge is 2.19. The maximum atomic E-state index is 12.1. The number of hydrogen-bond donors (Lipinski definition) is 2. The fourth-order valence-corrected chi connectivity index (χ4v) is 3.27. The Hall–Kier alpha value is -1.56.